The highest BCUT2D eigenvalue weighted by Gasteiger charge is 2.22. The van der Waals surface area contributed by atoms with Crippen molar-refractivity contribution in [2.75, 3.05) is 11.9 Å². The molecule has 4 rings (SSSR count). The molecular weight excluding hydrogens is 348 g/mol. The molecule has 136 valence electrons. The molecule has 1 N–H and O–H groups in total. The van der Waals surface area contributed by atoms with Crippen molar-refractivity contribution in [1.29, 1.82) is 0 Å². The third-order valence-electron chi connectivity index (χ3n) is 4.63. The highest BCUT2D eigenvalue weighted by Crippen LogP contribution is 2.24. The maximum Gasteiger partial charge on any atom is 0.272 e. The van der Waals surface area contributed by atoms with E-state index in [0.717, 1.165) is 12.0 Å². The van der Waals surface area contributed by atoms with E-state index in [0.29, 0.717) is 24.5 Å². The molecule has 0 atom stereocenters. The SMILES string of the molecule is O=C(c1ccc(Nc2c(F)cccc2F)cn1)N1CCc2ccccc2C1. The standard InChI is InChI=1S/C21H17F2N3O/c22-17-6-3-7-18(23)20(17)25-16-8-9-19(24-12-16)21(27)26-11-10-14-4-1-2-5-15(14)13-26/h1-9,12,25H,10-11,13H2. The number of carbonyl (C=O) groups is 1. The summed E-state index contributed by atoms with van der Waals surface area (Å²) in [6.45, 7) is 1.19. The lowest BCUT2D eigenvalue weighted by Gasteiger charge is -2.28. The molecule has 27 heavy (non-hydrogen) atoms. The number of pyridine rings is 1. The number of rotatable bonds is 3. The maximum absolute atomic E-state index is 13.7. The number of carbonyl (C=O) groups excluding carboxylic acids is 1. The van der Waals surface area contributed by atoms with Gasteiger partial charge in [0.25, 0.3) is 5.91 Å². The molecule has 0 fully saturated rings. The van der Waals surface area contributed by atoms with Crippen LogP contribution in [0, 0.1) is 11.6 Å². The van der Waals surface area contributed by atoms with E-state index in [4.69, 9.17) is 0 Å². The quantitative estimate of drug-likeness (QED) is 0.753. The van der Waals surface area contributed by atoms with Gasteiger partial charge < -0.3 is 10.2 Å². The van der Waals surface area contributed by atoms with E-state index in [2.05, 4.69) is 16.4 Å². The second kappa shape index (κ2) is 7.15. The van der Waals surface area contributed by atoms with Gasteiger partial charge in [-0.15, -0.1) is 0 Å². The molecule has 0 bridgehead atoms. The summed E-state index contributed by atoms with van der Waals surface area (Å²) < 4.78 is 27.4. The number of amides is 1. The van der Waals surface area contributed by atoms with Gasteiger partial charge in [-0.05, 0) is 41.8 Å². The van der Waals surface area contributed by atoms with Crippen molar-refractivity contribution in [3.63, 3.8) is 0 Å². The average Bonchev–Trinajstić information content (AvgIpc) is 2.70. The lowest BCUT2D eigenvalue weighted by molar-refractivity contribution is 0.0729. The Kier molecular flexibility index (Phi) is 4.54. The van der Waals surface area contributed by atoms with E-state index in [1.165, 1.54) is 30.0 Å². The van der Waals surface area contributed by atoms with Gasteiger partial charge in [0.2, 0.25) is 0 Å². The van der Waals surface area contributed by atoms with Crippen LogP contribution in [-0.2, 0) is 13.0 Å². The molecule has 4 nitrogen and oxygen atoms in total. The minimum atomic E-state index is -0.692. The van der Waals surface area contributed by atoms with Crippen molar-refractivity contribution < 1.29 is 13.6 Å². The van der Waals surface area contributed by atoms with Gasteiger partial charge in [-0.1, -0.05) is 30.3 Å². The third kappa shape index (κ3) is 3.51. The average molecular weight is 365 g/mol. The van der Waals surface area contributed by atoms with Crippen LogP contribution >= 0.6 is 0 Å². The molecule has 3 aromatic rings. The number of benzene rings is 2. The first-order valence-corrected chi connectivity index (χ1v) is 8.65. The molecule has 0 spiro atoms. The van der Waals surface area contributed by atoms with Crippen molar-refractivity contribution in [3.8, 4) is 0 Å². The van der Waals surface area contributed by atoms with Crippen LogP contribution in [-0.4, -0.2) is 22.3 Å². The van der Waals surface area contributed by atoms with Gasteiger partial charge in [0.05, 0.1) is 11.9 Å². The number of nitrogens with one attached hydrogen (secondary N) is 1. The maximum atomic E-state index is 13.7. The summed E-state index contributed by atoms with van der Waals surface area (Å²) >= 11 is 0. The van der Waals surface area contributed by atoms with E-state index in [-0.39, 0.29) is 11.6 Å². The zero-order valence-corrected chi connectivity index (χ0v) is 14.5. The van der Waals surface area contributed by atoms with Crippen molar-refractivity contribution in [2.24, 2.45) is 0 Å². The minimum Gasteiger partial charge on any atom is -0.349 e. The van der Waals surface area contributed by atoms with E-state index in [1.807, 2.05) is 18.2 Å². The first-order chi connectivity index (χ1) is 13.1. The van der Waals surface area contributed by atoms with Crippen molar-refractivity contribution in [2.45, 2.75) is 13.0 Å². The number of hydrogen-bond acceptors (Lipinski definition) is 3. The molecule has 2 aromatic carbocycles. The van der Waals surface area contributed by atoms with Crippen LogP contribution in [0.1, 0.15) is 21.6 Å². The van der Waals surface area contributed by atoms with E-state index in [9.17, 15) is 13.6 Å². The van der Waals surface area contributed by atoms with Gasteiger partial charge >= 0.3 is 0 Å². The van der Waals surface area contributed by atoms with Crippen LogP contribution in [0.25, 0.3) is 0 Å². The number of hydrogen-bond donors (Lipinski definition) is 1. The van der Waals surface area contributed by atoms with Crippen molar-refractivity contribution in [3.05, 3.63) is 89.2 Å². The van der Waals surface area contributed by atoms with Gasteiger partial charge in [0.1, 0.15) is 23.0 Å². The Labute approximate surface area is 155 Å². The Morgan fingerprint density at radius 1 is 0.963 bits per heavy atom. The molecular formula is C21H17F2N3O. The molecule has 0 aliphatic carbocycles. The van der Waals surface area contributed by atoms with Crippen LogP contribution in [0.4, 0.5) is 20.2 Å². The van der Waals surface area contributed by atoms with Gasteiger partial charge in [-0.3, -0.25) is 4.79 Å². The number of aromatic nitrogens is 1. The first-order valence-electron chi connectivity index (χ1n) is 8.65. The highest BCUT2D eigenvalue weighted by molar-refractivity contribution is 5.92. The predicted octanol–water partition coefficient (Wildman–Crippen LogP) is 4.30. The van der Waals surface area contributed by atoms with Gasteiger partial charge in [-0.2, -0.15) is 0 Å². The summed E-state index contributed by atoms with van der Waals surface area (Å²) in [5.74, 6) is -1.54. The molecule has 1 aliphatic rings. The molecule has 1 aliphatic heterocycles. The van der Waals surface area contributed by atoms with Crippen molar-refractivity contribution in [1.82, 2.24) is 9.88 Å². The fraction of sp³-hybridized carbons (Fsp3) is 0.143. The Bertz CT molecular complexity index is 969. The Balaban J connectivity index is 1.48. The number of halogens is 2. The lowest BCUT2D eigenvalue weighted by Crippen LogP contribution is -2.36. The van der Waals surface area contributed by atoms with Gasteiger partial charge in [0, 0.05) is 13.1 Å². The normalized spacial score (nSPS) is 13.2. The topological polar surface area (TPSA) is 45.2 Å². The highest BCUT2D eigenvalue weighted by atomic mass is 19.1. The van der Waals surface area contributed by atoms with Crippen LogP contribution in [0.3, 0.4) is 0 Å². The largest absolute Gasteiger partial charge is 0.349 e. The fourth-order valence-electron chi connectivity index (χ4n) is 3.19. The van der Waals surface area contributed by atoms with E-state index >= 15 is 0 Å². The molecule has 0 saturated heterocycles. The summed E-state index contributed by atoms with van der Waals surface area (Å²) in [6, 6.07) is 14.9. The molecule has 0 unspecified atom stereocenters. The monoisotopic (exact) mass is 365 g/mol. The Hall–Kier alpha value is -3.28. The lowest BCUT2D eigenvalue weighted by atomic mass is 10.00. The van der Waals surface area contributed by atoms with Gasteiger partial charge in [0.15, 0.2) is 0 Å². The smallest absolute Gasteiger partial charge is 0.272 e. The fourth-order valence-corrected chi connectivity index (χ4v) is 3.19. The van der Waals surface area contributed by atoms with Crippen molar-refractivity contribution >= 4 is 17.3 Å². The predicted molar refractivity (Wildman–Crippen MR) is 98.8 cm³/mol. The summed E-state index contributed by atoms with van der Waals surface area (Å²) in [6.07, 6.45) is 2.21. The number of nitrogens with zero attached hydrogens (tertiary/aromatic N) is 2. The second-order valence-corrected chi connectivity index (χ2v) is 6.40. The molecule has 0 radical (unpaired) electrons. The molecule has 0 saturated carbocycles. The summed E-state index contributed by atoms with van der Waals surface area (Å²) in [4.78, 5) is 18.6. The molecule has 6 heteroatoms. The van der Waals surface area contributed by atoms with Crippen LogP contribution < -0.4 is 5.32 Å². The van der Waals surface area contributed by atoms with Crippen LogP contribution in [0.5, 0.6) is 0 Å². The second-order valence-electron chi connectivity index (χ2n) is 6.40. The van der Waals surface area contributed by atoms with E-state index in [1.54, 1.807) is 17.0 Å². The molecule has 2 heterocycles. The zero-order chi connectivity index (χ0) is 18.8. The molecule has 1 amide bonds. The number of para-hydroxylation sites is 1. The van der Waals surface area contributed by atoms with Gasteiger partial charge in [-0.25, -0.2) is 13.8 Å². The number of fused-ring (bicyclic) bond motifs is 1. The van der Waals surface area contributed by atoms with Crippen LogP contribution in [0.15, 0.2) is 60.8 Å². The summed E-state index contributed by atoms with van der Waals surface area (Å²) in [7, 11) is 0. The minimum absolute atomic E-state index is 0.159. The zero-order valence-electron chi connectivity index (χ0n) is 14.5. The summed E-state index contributed by atoms with van der Waals surface area (Å²) in [5, 5.41) is 2.66. The first kappa shape index (κ1) is 17.1. The Morgan fingerprint density at radius 2 is 1.70 bits per heavy atom. The summed E-state index contributed by atoms with van der Waals surface area (Å²) in [5.41, 5.74) is 2.87. The van der Waals surface area contributed by atoms with Crippen LogP contribution in [0.2, 0.25) is 0 Å². The van der Waals surface area contributed by atoms with E-state index < -0.39 is 11.6 Å². The third-order valence-corrected chi connectivity index (χ3v) is 4.63. The Morgan fingerprint density at radius 3 is 2.41 bits per heavy atom. The number of anilines is 2. The molecule has 1 aromatic heterocycles.